The summed E-state index contributed by atoms with van der Waals surface area (Å²) in [5.74, 6) is -0.132. The first-order valence-corrected chi connectivity index (χ1v) is 9.61. The second-order valence-corrected chi connectivity index (χ2v) is 7.22. The van der Waals surface area contributed by atoms with Crippen LogP contribution in [0.3, 0.4) is 0 Å². The van der Waals surface area contributed by atoms with E-state index in [-0.39, 0.29) is 30.8 Å². The van der Waals surface area contributed by atoms with Gasteiger partial charge in [-0.25, -0.2) is 0 Å². The predicted octanol–water partition coefficient (Wildman–Crippen LogP) is 3.17. The third kappa shape index (κ3) is 3.68. The summed E-state index contributed by atoms with van der Waals surface area (Å²) in [5, 5.41) is 2.80. The Morgan fingerprint density at radius 2 is 1.83 bits per heavy atom. The highest BCUT2D eigenvalue weighted by molar-refractivity contribution is 6.07. The molecular weight excluding hydrogens is 372 g/mol. The molecule has 2 aromatic rings. The molecule has 0 saturated carbocycles. The van der Waals surface area contributed by atoms with Gasteiger partial charge in [-0.2, -0.15) is 0 Å². The maximum atomic E-state index is 12.8. The SMILES string of the molecule is CCc1ccc(N2C[C@H](C(=O)Nc3cc4c(cc3C(C)=O)OCO4)CC2=O)cc1. The molecule has 0 aliphatic carbocycles. The number of aryl methyl sites for hydroxylation is 1. The fourth-order valence-corrected chi connectivity index (χ4v) is 3.62. The summed E-state index contributed by atoms with van der Waals surface area (Å²) in [6.45, 7) is 3.87. The van der Waals surface area contributed by atoms with Crippen molar-refractivity contribution in [3.8, 4) is 11.5 Å². The van der Waals surface area contributed by atoms with Gasteiger partial charge in [0.15, 0.2) is 17.3 Å². The van der Waals surface area contributed by atoms with E-state index in [2.05, 4.69) is 12.2 Å². The van der Waals surface area contributed by atoms with Gasteiger partial charge in [-0.3, -0.25) is 14.4 Å². The molecular formula is C22H22N2O5. The molecule has 0 unspecified atom stereocenters. The van der Waals surface area contributed by atoms with Crippen molar-refractivity contribution in [1.29, 1.82) is 0 Å². The van der Waals surface area contributed by atoms with Crippen LogP contribution in [0, 0.1) is 5.92 Å². The minimum Gasteiger partial charge on any atom is -0.454 e. The summed E-state index contributed by atoms with van der Waals surface area (Å²) in [4.78, 5) is 39.0. The third-order valence-corrected chi connectivity index (χ3v) is 5.30. The molecule has 1 fully saturated rings. The number of rotatable bonds is 5. The van der Waals surface area contributed by atoms with Crippen molar-refractivity contribution >= 4 is 29.0 Å². The average molecular weight is 394 g/mol. The number of anilines is 2. The summed E-state index contributed by atoms with van der Waals surface area (Å²) >= 11 is 0. The van der Waals surface area contributed by atoms with E-state index in [9.17, 15) is 14.4 Å². The van der Waals surface area contributed by atoms with Gasteiger partial charge in [0.05, 0.1) is 11.6 Å². The molecule has 0 bridgehead atoms. The van der Waals surface area contributed by atoms with E-state index >= 15 is 0 Å². The number of carbonyl (C=O) groups is 3. The average Bonchev–Trinajstić information content (AvgIpc) is 3.33. The number of ketones is 1. The molecule has 2 aromatic carbocycles. The Bertz CT molecular complexity index is 983. The van der Waals surface area contributed by atoms with Gasteiger partial charge >= 0.3 is 0 Å². The molecule has 7 heteroatoms. The molecule has 4 rings (SSSR count). The fourth-order valence-electron chi connectivity index (χ4n) is 3.62. The van der Waals surface area contributed by atoms with Gasteiger partial charge < -0.3 is 19.7 Å². The number of fused-ring (bicyclic) bond motifs is 1. The van der Waals surface area contributed by atoms with Crippen molar-refractivity contribution in [3.63, 3.8) is 0 Å². The van der Waals surface area contributed by atoms with Crippen molar-refractivity contribution in [3.05, 3.63) is 47.5 Å². The van der Waals surface area contributed by atoms with Crippen LogP contribution in [0.4, 0.5) is 11.4 Å². The summed E-state index contributed by atoms with van der Waals surface area (Å²) in [6.07, 6.45) is 1.05. The largest absolute Gasteiger partial charge is 0.454 e. The zero-order chi connectivity index (χ0) is 20.5. The summed E-state index contributed by atoms with van der Waals surface area (Å²) in [6, 6.07) is 10.9. The molecule has 7 nitrogen and oxygen atoms in total. The molecule has 0 aromatic heterocycles. The van der Waals surface area contributed by atoms with Crippen molar-refractivity contribution in [2.75, 3.05) is 23.6 Å². The van der Waals surface area contributed by atoms with E-state index in [1.54, 1.807) is 17.0 Å². The number of hydrogen-bond donors (Lipinski definition) is 1. The standard InChI is InChI=1S/C22H22N2O5/c1-3-14-4-6-16(7-5-14)24-11-15(8-21(24)26)22(27)23-18-10-20-19(28-12-29-20)9-17(18)13(2)25/h4-7,9-10,15H,3,8,11-12H2,1-2H3,(H,23,27)/t15-/m1/s1. The molecule has 1 atom stereocenters. The number of benzene rings is 2. The molecule has 1 saturated heterocycles. The van der Waals surface area contributed by atoms with Crippen LogP contribution in [-0.4, -0.2) is 30.9 Å². The van der Waals surface area contributed by atoms with Crippen LogP contribution in [0.5, 0.6) is 11.5 Å². The lowest BCUT2D eigenvalue weighted by atomic mass is 10.1. The molecule has 0 radical (unpaired) electrons. The second kappa shape index (κ2) is 7.58. The maximum absolute atomic E-state index is 12.8. The van der Waals surface area contributed by atoms with E-state index < -0.39 is 5.92 Å². The Morgan fingerprint density at radius 1 is 1.14 bits per heavy atom. The van der Waals surface area contributed by atoms with E-state index in [0.717, 1.165) is 12.1 Å². The van der Waals surface area contributed by atoms with Crippen LogP contribution in [0.25, 0.3) is 0 Å². The molecule has 2 aliphatic heterocycles. The van der Waals surface area contributed by atoms with Gasteiger partial charge in [0.2, 0.25) is 18.6 Å². The highest BCUT2D eigenvalue weighted by Crippen LogP contribution is 2.37. The number of Topliss-reactive ketones (excluding diaryl/α,β-unsaturated/α-hetero) is 1. The maximum Gasteiger partial charge on any atom is 0.231 e. The van der Waals surface area contributed by atoms with E-state index in [4.69, 9.17) is 9.47 Å². The van der Waals surface area contributed by atoms with Gasteiger partial charge in [-0.15, -0.1) is 0 Å². The summed E-state index contributed by atoms with van der Waals surface area (Å²) in [7, 11) is 0. The van der Waals surface area contributed by atoms with Crippen LogP contribution >= 0.6 is 0 Å². The normalized spacial score (nSPS) is 17.5. The highest BCUT2D eigenvalue weighted by Gasteiger charge is 2.35. The second-order valence-electron chi connectivity index (χ2n) is 7.22. The first kappa shape index (κ1) is 19.0. The van der Waals surface area contributed by atoms with Crippen molar-refractivity contribution < 1.29 is 23.9 Å². The van der Waals surface area contributed by atoms with Gasteiger partial charge in [0.25, 0.3) is 0 Å². The Kier molecular flexibility index (Phi) is 4.96. The van der Waals surface area contributed by atoms with Gasteiger partial charge in [-0.05, 0) is 37.1 Å². The highest BCUT2D eigenvalue weighted by atomic mass is 16.7. The molecule has 2 amide bonds. The van der Waals surface area contributed by atoms with Crippen molar-refractivity contribution in [2.24, 2.45) is 5.92 Å². The monoisotopic (exact) mass is 394 g/mol. The van der Waals surface area contributed by atoms with Crippen molar-refractivity contribution in [2.45, 2.75) is 26.7 Å². The van der Waals surface area contributed by atoms with Crippen LogP contribution < -0.4 is 19.7 Å². The molecule has 2 aliphatic rings. The smallest absolute Gasteiger partial charge is 0.231 e. The lowest BCUT2D eigenvalue weighted by Gasteiger charge is -2.17. The van der Waals surface area contributed by atoms with Crippen LogP contribution in [0.15, 0.2) is 36.4 Å². The quantitative estimate of drug-likeness (QED) is 0.788. The fraction of sp³-hybridized carbons (Fsp3) is 0.318. The van der Waals surface area contributed by atoms with Gasteiger partial charge in [0.1, 0.15) is 0 Å². The zero-order valence-electron chi connectivity index (χ0n) is 16.4. The number of amides is 2. The number of ether oxygens (including phenoxy) is 2. The van der Waals surface area contributed by atoms with E-state index in [1.165, 1.54) is 12.5 Å². The van der Waals surface area contributed by atoms with Crippen LogP contribution in [0.1, 0.15) is 36.2 Å². The molecule has 150 valence electrons. The summed E-state index contributed by atoms with van der Waals surface area (Å²) < 4.78 is 10.6. The lowest BCUT2D eigenvalue weighted by molar-refractivity contribution is -0.122. The first-order chi connectivity index (χ1) is 14.0. The minimum absolute atomic E-state index is 0.0764. The Hall–Kier alpha value is -3.35. The molecule has 2 heterocycles. The van der Waals surface area contributed by atoms with Gasteiger partial charge in [0, 0.05) is 30.3 Å². The zero-order valence-corrected chi connectivity index (χ0v) is 16.4. The van der Waals surface area contributed by atoms with Crippen molar-refractivity contribution in [1.82, 2.24) is 0 Å². The Balaban J connectivity index is 1.51. The Morgan fingerprint density at radius 3 is 2.48 bits per heavy atom. The van der Waals surface area contributed by atoms with Crippen LogP contribution in [0.2, 0.25) is 0 Å². The lowest BCUT2D eigenvalue weighted by Crippen LogP contribution is -2.28. The number of nitrogens with one attached hydrogen (secondary N) is 1. The topological polar surface area (TPSA) is 84.9 Å². The Labute approximate surface area is 168 Å². The third-order valence-electron chi connectivity index (χ3n) is 5.30. The molecule has 0 spiro atoms. The number of nitrogens with zero attached hydrogens (tertiary/aromatic N) is 1. The van der Waals surface area contributed by atoms with E-state index in [1.807, 2.05) is 24.3 Å². The predicted molar refractivity (Wildman–Crippen MR) is 107 cm³/mol. The minimum atomic E-state index is -0.501. The molecule has 29 heavy (non-hydrogen) atoms. The van der Waals surface area contributed by atoms with Gasteiger partial charge in [-0.1, -0.05) is 19.1 Å². The molecule has 1 N–H and O–H groups in total. The summed E-state index contributed by atoms with van der Waals surface area (Å²) in [5.41, 5.74) is 2.69. The first-order valence-electron chi connectivity index (χ1n) is 9.61. The van der Waals surface area contributed by atoms with E-state index in [0.29, 0.717) is 29.3 Å². The number of hydrogen-bond acceptors (Lipinski definition) is 5. The number of carbonyl (C=O) groups excluding carboxylic acids is 3. The van der Waals surface area contributed by atoms with Crippen LogP contribution in [-0.2, 0) is 16.0 Å².